The van der Waals surface area contributed by atoms with Gasteiger partial charge in [-0.3, -0.25) is 19.8 Å². The number of hydrogen-bond donors (Lipinski definition) is 4. The van der Waals surface area contributed by atoms with Gasteiger partial charge in [0.15, 0.2) is 0 Å². The van der Waals surface area contributed by atoms with Crippen molar-refractivity contribution in [2.24, 2.45) is 5.92 Å². The van der Waals surface area contributed by atoms with Crippen LogP contribution < -0.4 is 20.9 Å². The summed E-state index contributed by atoms with van der Waals surface area (Å²) in [5.74, 6) is -0.0838. The standard InChI is InChI=1S/C24H26N4O4/c1-15-10-18(20-4-2-3-5-21(20)26-15)14-32-19-8-6-16(7-9-19)24(30)27-22-13-25-12-17(22)11-23(29)28-31/h2-10,17,22,25,31H,11-14H2,1H3,(H,27,30)(H,28,29)/t17-,22-/m1/s1. The lowest BCUT2D eigenvalue weighted by molar-refractivity contribution is -0.130. The minimum atomic E-state index is -0.461. The van der Waals surface area contributed by atoms with Crippen LogP contribution >= 0.6 is 0 Å². The summed E-state index contributed by atoms with van der Waals surface area (Å²) in [7, 11) is 0. The molecule has 2 atom stereocenters. The van der Waals surface area contributed by atoms with E-state index >= 15 is 0 Å². The van der Waals surface area contributed by atoms with Crippen LogP contribution in [0, 0.1) is 12.8 Å². The third-order valence-electron chi connectivity index (χ3n) is 5.67. The molecule has 0 unspecified atom stereocenters. The number of nitrogens with zero attached hydrogens (tertiary/aromatic N) is 1. The molecule has 0 radical (unpaired) electrons. The molecular formula is C24H26N4O4. The minimum absolute atomic E-state index is 0.0765. The first-order chi connectivity index (χ1) is 15.5. The number of hydrogen-bond acceptors (Lipinski definition) is 6. The summed E-state index contributed by atoms with van der Waals surface area (Å²) in [6.07, 6.45) is 0.143. The summed E-state index contributed by atoms with van der Waals surface area (Å²) < 4.78 is 5.96. The summed E-state index contributed by atoms with van der Waals surface area (Å²) in [5, 5.41) is 15.9. The molecule has 1 aromatic heterocycles. The Kier molecular flexibility index (Phi) is 6.63. The van der Waals surface area contributed by atoms with Crippen LogP contribution in [0.2, 0.25) is 0 Å². The van der Waals surface area contributed by atoms with Gasteiger partial charge in [0, 0.05) is 53.7 Å². The first-order valence-electron chi connectivity index (χ1n) is 10.6. The van der Waals surface area contributed by atoms with E-state index in [1.807, 2.05) is 37.3 Å². The number of para-hydroxylation sites is 1. The second kappa shape index (κ2) is 9.76. The Morgan fingerprint density at radius 3 is 2.72 bits per heavy atom. The highest BCUT2D eigenvalue weighted by molar-refractivity contribution is 5.94. The maximum atomic E-state index is 12.6. The molecule has 2 amide bonds. The maximum absolute atomic E-state index is 12.6. The zero-order valence-electron chi connectivity index (χ0n) is 17.8. The van der Waals surface area contributed by atoms with Crippen molar-refractivity contribution >= 4 is 22.7 Å². The van der Waals surface area contributed by atoms with Gasteiger partial charge in [0.1, 0.15) is 12.4 Å². The van der Waals surface area contributed by atoms with E-state index < -0.39 is 5.91 Å². The molecule has 4 rings (SSSR count). The average Bonchev–Trinajstić information content (AvgIpc) is 3.23. The number of amides is 2. The lowest BCUT2D eigenvalue weighted by Gasteiger charge is -2.19. The Balaban J connectivity index is 1.37. The lowest BCUT2D eigenvalue weighted by Crippen LogP contribution is -2.41. The Labute approximate surface area is 186 Å². The van der Waals surface area contributed by atoms with Gasteiger partial charge in [-0.05, 0) is 43.3 Å². The van der Waals surface area contributed by atoms with Crippen LogP contribution in [0.25, 0.3) is 10.9 Å². The highest BCUT2D eigenvalue weighted by Crippen LogP contribution is 2.21. The number of benzene rings is 2. The molecule has 8 heteroatoms. The number of carbonyl (C=O) groups excluding carboxylic acids is 2. The van der Waals surface area contributed by atoms with Crippen LogP contribution in [0.5, 0.6) is 5.75 Å². The normalized spacial score (nSPS) is 17.8. The molecule has 1 aliphatic rings. The second-order valence-corrected chi connectivity index (χ2v) is 7.99. The highest BCUT2D eigenvalue weighted by Gasteiger charge is 2.30. The van der Waals surface area contributed by atoms with Gasteiger partial charge >= 0.3 is 0 Å². The molecule has 2 heterocycles. The molecular weight excluding hydrogens is 408 g/mol. The fourth-order valence-corrected chi connectivity index (χ4v) is 4.03. The molecule has 166 valence electrons. The summed E-state index contributed by atoms with van der Waals surface area (Å²) in [4.78, 5) is 28.6. The number of hydroxylamine groups is 1. The lowest BCUT2D eigenvalue weighted by atomic mass is 9.99. The predicted molar refractivity (Wildman–Crippen MR) is 119 cm³/mol. The number of fused-ring (bicyclic) bond motifs is 1. The summed E-state index contributed by atoms with van der Waals surface area (Å²) in [5.41, 5.74) is 5.09. The molecule has 0 bridgehead atoms. The number of nitrogens with one attached hydrogen (secondary N) is 3. The van der Waals surface area contributed by atoms with Crippen molar-refractivity contribution in [3.05, 3.63) is 71.4 Å². The van der Waals surface area contributed by atoms with Gasteiger partial charge in [-0.1, -0.05) is 18.2 Å². The van der Waals surface area contributed by atoms with E-state index in [1.54, 1.807) is 29.7 Å². The highest BCUT2D eigenvalue weighted by atomic mass is 16.5. The molecule has 8 nitrogen and oxygen atoms in total. The number of ether oxygens (including phenoxy) is 1. The Bertz CT molecular complexity index is 1120. The average molecular weight is 434 g/mol. The van der Waals surface area contributed by atoms with Gasteiger partial charge in [-0.2, -0.15) is 0 Å². The number of rotatable bonds is 7. The van der Waals surface area contributed by atoms with Crippen LogP contribution in [0.1, 0.15) is 28.0 Å². The quantitative estimate of drug-likeness (QED) is 0.335. The van der Waals surface area contributed by atoms with E-state index in [2.05, 4.69) is 15.6 Å². The molecule has 1 aliphatic heterocycles. The van der Waals surface area contributed by atoms with Crippen LogP contribution in [-0.4, -0.2) is 41.1 Å². The number of pyridine rings is 1. The fourth-order valence-electron chi connectivity index (χ4n) is 4.03. The van der Waals surface area contributed by atoms with Crippen molar-refractivity contribution in [2.75, 3.05) is 13.1 Å². The van der Waals surface area contributed by atoms with Crippen molar-refractivity contribution in [3.63, 3.8) is 0 Å². The molecule has 0 saturated carbocycles. The van der Waals surface area contributed by atoms with Crippen molar-refractivity contribution in [1.29, 1.82) is 0 Å². The monoisotopic (exact) mass is 434 g/mol. The van der Waals surface area contributed by atoms with E-state index in [4.69, 9.17) is 9.94 Å². The zero-order chi connectivity index (χ0) is 22.5. The molecule has 0 aliphatic carbocycles. The maximum Gasteiger partial charge on any atom is 0.251 e. The molecule has 32 heavy (non-hydrogen) atoms. The Morgan fingerprint density at radius 2 is 1.94 bits per heavy atom. The summed E-state index contributed by atoms with van der Waals surface area (Å²) in [6.45, 7) is 3.55. The van der Waals surface area contributed by atoms with Gasteiger partial charge in [-0.25, -0.2) is 5.48 Å². The van der Waals surface area contributed by atoms with E-state index in [-0.39, 0.29) is 24.3 Å². The van der Waals surface area contributed by atoms with Crippen LogP contribution in [0.15, 0.2) is 54.6 Å². The number of aryl methyl sites for hydroxylation is 1. The molecule has 3 aromatic rings. The van der Waals surface area contributed by atoms with Gasteiger partial charge in [-0.15, -0.1) is 0 Å². The van der Waals surface area contributed by atoms with Crippen LogP contribution in [0.4, 0.5) is 0 Å². The molecule has 1 saturated heterocycles. The van der Waals surface area contributed by atoms with E-state index in [9.17, 15) is 9.59 Å². The van der Waals surface area contributed by atoms with E-state index in [0.29, 0.717) is 31.0 Å². The Morgan fingerprint density at radius 1 is 1.16 bits per heavy atom. The zero-order valence-corrected chi connectivity index (χ0v) is 17.8. The second-order valence-electron chi connectivity index (χ2n) is 7.99. The van der Waals surface area contributed by atoms with Crippen molar-refractivity contribution in [3.8, 4) is 5.75 Å². The van der Waals surface area contributed by atoms with Crippen molar-refractivity contribution in [2.45, 2.75) is 26.0 Å². The topological polar surface area (TPSA) is 113 Å². The Hall–Kier alpha value is -3.49. The first kappa shape index (κ1) is 21.7. The SMILES string of the molecule is Cc1cc(COc2ccc(C(=O)N[C@@H]3CNC[C@H]3CC(=O)NO)cc2)c2ccccc2n1. The molecule has 4 N–H and O–H groups in total. The van der Waals surface area contributed by atoms with Gasteiger partial charge in [0.05, 0.1) is 5.52 Å². The predicted octanol–water partition coefficient (Wildman–Crippen LogP) is 2.34. The largest absolute Gasteiger partial charge is 0.489 e. The van der Waals surface area contributed by atoms with Gasteiger partial charge in [0.2, 0.25) is 5.91 Å². The van der Waals surface area contributed by atoms with Crippen LogP contribution in [0.3, 0.4) is 0 Å². The van der Waals surface area contributed by atoms with Crippen molar-refractivity contribution in [1.82, 2.24) is 21.1 Å². The summed E-state index contributed by atoms with van der Waals surface area (Å²) in [6, 6.07) is 16.8. The third kappa shape index (κ3) is 5.04. The summed E-state index contributed by atoms with van der Waals surface area (Å²) >= 11 is 0. The first-order valence-corrected chi connectivity index (χ1v) is 10.6. The third-order valence-corrected chi connectivity index (χ3v) is 5.67. The molecule has 0 spiro atoms. The van der Waals surface area contributed by atoms with E-state index in [0.717, 1.165) is 22.2 Å². The molecule has 1 fully saturated rings. The van der Waals surface area contributed by atoms with Gasteiger partial charge in [0.25, 0.3) is 5.91 Å². The van der Waals surface area contributed by atoms with Gasteiger partial charge < -0.3 is 15.4 Å². The molecule has 2 aromatic carbocycles. The fraction of sp³-hybridized carbons (Fsp3) is 0.292. The van der Waals surface area contributed by atoms with Crippen LogP contribution in [-0.2, 0) is 11.4 Å². The van der Waals surface area contributed by atoms with Crippen molar-refractivity contribution < 1.29 is 19.5 Å². The number of carbonyl (C=O) groups is 2. The van der Waals surface area contributed by atoms with E-state index in [1.165, 1.54) is 0 Å². The minimum Gasteiger partial charge on any atom is -0.489 e. The number of aromatic nitrogens is 1. The smallest absolute Gasteiger partial charge is 0.251 e.